The van der Waals surface area contributed by atoms with E-state index in [1.807, 2.05) is 24.3 Å². The van der Waals surface area contributed by atoms with Crippen molar-refractivity contribution in [2.24, 2.45) is 17.6 Å². The lowest BCUT2D eigenvalue weighted by Crippen LogP contribution is -2.50. The van der Waals surface area contributed by atoms with Crippen LogP contribution in [-0.2, 0) is 19.1 Å². The van der Waals surface area contributed by atoms with E-state index < -0.39 is 17.9 Å². The van der Waals surface area contributed by atoms with Crippen molar-refractivity contribution in [1.82, 2.24) is 10.2 Å². The van der Waals surface area contributed by atoms with Gasteiger partial charge >= 0.3 is 0 Å². The number of ether oxygens (including phenoxy) is 1. The highest BCUT2D eigenvalue weighted by molar-refractivity contribution is 6.09. The van der Waals surface area contributed by atoms with Crippen LogP contribution < -0.4 is 11.1 Å². The number of nitrogens with one attached hydrogen (secondary N) is 1. The molecule has 0 radical (unpaired) electrons. The molecule has 0 spiro atoms. The molecule has 3 N–H and O–H groups in total. The summed E-state index contributed by atoms with van der Waals surface area (Å²) in [7, 11) is 0. The molecule has 6 unspecified atom stereocenters. The van der Waals surface area contributed by atoms with Gasteiger partial charge in [-0.3, -0.25) is 19.3 Å². The Labute approximate surface area is 183 Å². The Morgan fingerprint density at radius 2 is 1.57 bits per heavy atom. The first-order valence-corrected chi connectivity index (χ1v) is 10.4. The van der Waals surface area contributed by atoms with Crippen LogP contribution in [0.1, 0.15) is 56.7 Å². The number of carbonyl (C=O) groups is 3. The van der Waals surface area contributed by atoms with Gasteiger partial charge in [-0.15, -0.1) is 12.4 Å². The van der Waals surface area contributed by atoms with Gasteiger partial charge in [-0.25, -0.2) is 0 Å². The average molecular weight is 436 g/mol. The van der Waals surface area contributed by atoms with E-state index in [0.29, 0.717) is 5.92 Å². The molecule has 30 heavy (non-hydrogen) atoms. The summed E-state index contributed by atoms with van der Waals surface area (Å²) in [6.45, 7) is 6.09. The molecule has 6 atom stereocenters. The number of rotatable bonds is 6. The first-order chi connectivity index (χ1) is 13.8. The topological polar surface area (TPSA) is 102 Å². The first kappa shape index (κ1) is 22.7. The lowest BCUT2D eigenvalue weighted by Gasteiger charge is -2.24. The molecule has 164 valence electrons. The Morgan fingerprint density at radius 3 is 2.07 bits per heavy atom. The molecular weight excluding hydrogens is 406 g/mol. The van der Waals surface area contributed by atoms with Crippen molar-refractivity contribution in [2.75, 3.05) is 6.54 Å². The minimum atomic E-state index is -0.851. The van der Waals surface area contributed by atoms with E-state index in [-0.39, 0.29) is 54.9 Å². The summed E-state index contributed by atoms with van der Waals surface area (Å²) < 4.78 is 5.73. The predicted octanol–water partition coefficient (Wildman–Crippen LogP) is 1.90. The van der Waals surface area contributed by atoms with Crippen molar-refractivity contribution in [3.05, 3.63) is 35.4 Å². The molecule has 3 aliphatic heterocycles. The molecule has 0 saturated carbocycles. The summed E-state index contributed by atoms with van der Waals surface area (Å²) in [6.07, 6.45) is 1.26. The first-order valence-electron chi connectivity index (χ1n) is 10.4. The van der Waals surface area contributed by atoms with Gasteiger partial charge in [0, 0.05) is 12.6 Å². The molecule has 3 amide bonds. The lowest BCUT2D eigenvalue weighted by atomic mass is 9.81. The fourth-order valence-electron chi connectivity index (χ4n) is 4.84. The summed E-state index contributed by atoms with van der Waals surface area (Å²) in [6, 6.07) is 6.82. The molecule has 3 heterocycles. The van der Waals surface area contributed by atoms with Crippen molar-refractivity contribution >= 4 is 30.1 Å². The minimum absolute atomic E-state index is 0. The Bertz CT molecular complexity index is 800. The quantitative estimate of drug-likeness (QED) is 0.664. The minimum Gasteiger partial charge on any atom is -0.373 e. The van der Waals surface area contributed by atoms with Crippen LogP contribution in [0.2, 0.25) is 0 Å². The lowest BCUT2D eigenvalue weighted by molar-refractivity contribution is -0.149. The smallest absolute Gasteiger partial charge is 0.243 e. The maximum atomic E-state index is 12.8. The molecular formula is C22H30ClN3O4. The molecule has 8 heteroatoms. The molecule has 3 fully saturated rings. The monoisotopic (exact) mass is 435 g/mol. The van der Waals surface area contributed by atoms with Crippen LogP contribution in [0.15, 0.2) is 24.3 Å². The van der Waals surface area contributed by atoms with Gasteiger partial charge < -0.3 is 15.8 Å². The number of nitrogens with zero attached hydrogens (tertiary/aromatic N) is 1. The predicted molar refractivity (Wildman–Crippen MR) is 114 cm³/mol. The van der Waals surface area contributed by atoms with E-state index in [2.05, 4.69) is 19.2 Å². The fourth-order valence-corrected chi connectivity index (χ4v) is 4.84. The van der Waals surface area contributed by atoms with Crippen LogP contribution in [0.25, 0.3) is 0 Å². The van der Waals surface area contributed by atoms with Crippen LogP contribution in [-0.4, -0.2) is 47.4 Å². The molecule has 4 rings (SSSR count). The van der Waals surface area contributed by atoms with Crippen molar-refractivity contribution in [3.8, 4) is 0 Å². The van der Waals surface area contributed by atoms with E-state index in [4.69, 9.17) is 10.5 Å². The van der Waals surface area contributed by atoms with Gasteiger partial charge in [0.05, 0.1) is 24.0 Å². The molecule has 2 bridgehead atoms. The number of imide groups is 1. The van der Waals surface area contributed by atoms with Crippen molar-refractivity contribution in [3.63, 3.8) is 0 Å². The van der Waals surface area contributed by atoms with Gasteiger partial charge in [0.2, 0.25) is 17.7 Å². The highest BCUT2D eigenvalue weighted by atomic mass is 35.5. The highest BCUT2D eigenvalue weighted by Gasteiger charge is 2.63. The number of benzene rings is 1. The molecule has 0 aliphatic carbocycles. The molecule has 7 nitrogen and oxygen atoms in total. The van der Waals surface area contributed by atoms with Gasteiger partial charge in [0.15, 0.2) is 0 Å². The number of amides is 3. The second-order valence-electron chi connectivity index (χ2n) is 8.74. The van der Waals surface area contributed by atoms with Crippen LogP contribution >= 0.6 is 12.4 Å². The van der Waals surface area contributed by atoms with Gasteiger partial charge in [-0.2, -0.15) is 0 Å². The summed E-state index contributed by atoms with van der Waals surface area (Å²) >= 11 is 0. The van der Waals surface area contributed by atoms with E-state index in [9.17, 15) is 14.4 Å². The summed E-state index contributed by atoms with van der Waals surface area (Å²) in [5.74, 6) is -1.31. The number of likely N-dealkylation sites (tertiary alicyclic amines) is 1. The standard InChI is InChI=1S/C22H29N3O4.ClH/c1-11(2)13-4-6-14(7-5-13)15(23)10-24-20(26)12(3)25-21(27)18-16-8-9-17(29-16)19(18)22(25)28;/h4-7,11-12,15-19H,8-10,23H2,1-3H3,(H,24,26);1H. The Balaban J connectivity index is 0.00000256. The van der Waals surface area contributed by atoms with Gasteiger partial charge in [-0.1, -0.05) is 38.1 Å². The third-order valence-corrected chi connectivity index (χ3v) is 6.61. The second-order valence-corrected chi connectivity index (χ2v) is 8.74. The number of carbonyl (C=O) groups excluding carboxylic acids is 3. The van der Waals surface area contributed by atoms with E-state index >= 15 is 0 Å². The van der Waals surface area contributed by atoms with Crippen LogP contribution in [0, 0.1) is 11.8 Å². The van der Waals surface area contributed by atoms with Crippen molar-refractivity contribution in [2.45, 2.75) is 63.8 Å². The Kier molecular flexibility index (Phi) is 6.55. The van der Waals surface area contributed by atoms with Crippen LogP contribution in [0.5, 0.6) is 0 Å². The number of hydrogen-bond acceptors (Lipinski definition) is 5. The third kappa shape index (κ3) is 3.74. The molecule has 1 aromatic rings. The normalized spacial score (nSPS) is 29.0. The van der Waals surface area contributed by atoms with Crippen LogP contribution in [0.4, 0.5) is 0 Å². The maximum Gasteiger partial charge on any atom is 0.243 e. The zero-order valence-corrected chi connectivity index (χ0v) is 18.4. The van der Waals surface area contributed by atoms with E-state index in [0.717, 1.165) is 23.3 Å². The highest BCUT2D eigenvalue weighted by Crippen LogP contribution is 2.48. The SMILES string of the molecule is CC(C)c1ccc(C(N)CNC(=O)C(C)N2C(=O)C3C4CCC(O4)C3C2=O)cc1.Cl. The molecule has 1 aromatic carbocycles. The van der Waals surface area contributed by atoms with E-state index in [1.165, 1.54) is 5.56 Å². The average Bonchev–Trinajstić information content (AvgIpc) is 3.39. The van der Waals surface area contributed by atoms with Gasteiger partial charge in [0.25, 0.3) is 0 Å². The van der Waals surface area contributed by atoms with Gasteiger partial charge in [0.1, 0.15) is 6.04 Å². The van der Waals surface area contributed by atoms with Crippen molar-refractivity contribution < 1.29 is 19.1 Å². The van der Waals surface area contributed by atoms with E-state index in [1.54, 1.807) is 6.92 Å². The second kappa shape index (κ2) is 8.65. The number of halogens is 1. The van der Waals surface area contributed by atoms with Gasteiger partial charge in [-0.05, 0) is 36.8 Å². The molecule has 3 saturated heterocycles. The van der Waals surface area contributed by atoms with Crippen molar-refractivity contribution in [1.29, 1.82) is 0 Å². The third-order valence-electron chi connectivity index (χ3n) is 6.61. The maximum absolute atomic E-state index is 12.8. The Morgan fingerprint density at radius 1 is 1.07 bits per heavy atom. The summed E-state index contributed by atoms with van der Waals surface area (Å²) in [5.41, 5.74) is 8.38. The number of hydrogen-bond donors (Lipinski definition) is 2. The largest absolute Gasteiger partial charge is 0.373 e. The summed E-state index contributed by atoms with van der Waals surface area (Å²) in [5, 5.41) is 2.80. The summed E-state index contributed by atoms with van der Waals surface area (Å²) in [4.78, 5) is 39.4. The van der Waals surface area contributed by atoms with Crippen LogP contribution in [0.3, 0.4) is 0 Å². The molecule has 3 aliphatic rings. The fraction of sp³-hybridized carbons (Fsp3) is 0.591. The molecule has 0 aromatic heterocycles. The zero-order valence-electron chi connectivity index (χ0n) is 17.5. The number of fused-ring (bicyclic) bond motifs is 5. The zero-order chi connectivity index (χ0) is 20.9. The Hall–Kier alpha value is -1.96. The number of nitrogens with two attached hydrogens (primary N) is 1.